The Bertz CT molecular complexity index is 1140. The summed E-state index contributed by atoms with van der Waals surface area (Å²) in [6, 6.07) is 13.5. The smallest absolute Gasteiger partial charge is 0.226 e. The van der Waals surface area contributed by atoms with Crippen LogP contribution in [0.25, 0.3) is 0 Å². The highest BCUT2D eigenvalue weighted by atomic mass is 35.5. The molecule has 0 fully saturated rings. The Morgan fingerprint density at radius 3 is 2.63 bits per heavy atom. The summed E-state index contributed by atoms with van der Waals surface area (Å²) in [4.78, 5) is 26.1. The zero-order valence-electron chi connectivity index (χ0n) is 17.2. The van der Waals surface area contributed by atoms with Crippen molar-refractivity contribution in [3.05, 3.63) is 93.5 Å². The maximum Gasteiger partial charge on any atom is 0.226 e. The Hall–Kier alpha value is -3.05. The van der Waals surface area contributed by atoms with Crippen LogP contribution in [0.4, 0.5) is 0 Å². The summed E-state index contributed by atoms with van der Waals surface area (Å²) < 4.78 is 0. The first kappa shape index (κ1) is 20.2. The van der Waals surface area contributed by atoms with Gasteiger partial charge < -0.3 is 5.32 Å². The Kier molecular flexibility index (Phi) is 5.39. The van der Waals surface area contributed by atoms with E-state index in [2.05, 4.69) is 20.3 Å². The average molecular weight is 419 g/mol. The highest BCUT2D eigenvalue weighted by Crippen LogP contribution is 2.24. The molecular formula is C24H23ClN4O. The predicted octanol–water partition coefficient (Wildman–Crippen LogP) is 4.38. The Morgan fingerprint density at radius 1 is 1.13 bits per heavy atom. The highest BCUT2D eigenvalue weighted by molar-refractivity contribution is 6.30. The maximum absolute atomic E-state index is 12.7. The van der Waals surface area contributed by atoms with Crippen molar-refractivity contribution in [1.82, 2.24) is 15.3 Å². The van der Waals surface area contributed by atoms with E-state index in [0.29, 0.717) is 11.6 Å². The van der Waals surface area contributed by atoms with Crippen molar-refractivity contribution >= 4 is 23.2 Å². The topological polar surface area (TPSA) is 67.2 Å². The van der Waals surface area contributed by atoms with Crippen molar-refractivity contribution in [1.29, 1.82) is 0 Å². The summed E-state index contributed by atoms with van der Waals surface area (Å²) in [6.07, 6.45) is 3.83. The van der Waals surface area contributed by atoms with Gasteiger partial charge in [0, 0.05) is 34.2 Å². The number of pyridine rings is 2. The van der Waals surface area contributed by atoms with Gasteiger partial charge in [0.05, 0.1) is 29.9 Å². The van der Waals surface area contributed by atoms with Gasteiger partial charge in [-0.1, -0.05) is 23.7 Å². The van der Waals surface area contributed by atoms with Gasteiger partial charge in [-0.25, -0.2) is 0 Å². The van der Waals surface area contributed by atoms with E-state index in [9.17, 15) is 4.79 Å². The third-order valence-electron chi connectivity index (χ3n) is 5.24. The molecule has 152 valence electrons. The minimum atomic E-state index is -0.506. The molecular weight excluding hydrogens is 396 g/mol. The van der Waals surface area contributed by atoms with Crippen LogP contribution < -0.4 is 5.32 Å². The molecule has 3 heterocycles. The highest BCUT2D eigenvalue weighted by Gasteiger charge is 2.24. The molecule has 0 saturated heterocycles. The van der Waals surface area contributed by atoms with Crippen LogP contribution in [-0.2, 0) is 23.3 Å². The molecule has 0 radical (unpaired) electrons. The third-order valence-corrected chi connectivity index (χ3v) is 5.49. The van der Waals surface area contributed by atoms with Crippen molar-refractivity contribution in [2.24, 2.45) is 4.99 Å². The van der Waals surface area contributed by atoms with E-state index < -0.39 is 5.54 Å². The van der Waals surface area contributed by atoms with E-state index in [1.807, 2.05) is 69.4 Å². The number of aryl methyl sites for hydroxylation is 1. The average Bonchev–Trinajstić information content (AvgIpc) is 3.11. The normalized spacial score (nSPS) is 13.0. The maximum atomic E-state index is 12.7. The Balaban J connectivity index is 1.46. The molecule has 1 N–H and O–H groups in total. The lowest BCUT2D eigenvalue weighted by Gasteiger charge is -2.27. The second-order valence-electron chi connectivity index (χ2n) is 8.04. The monoisotopic (exact) mass is 418 g/mol. The van der Waals surface area contributed by atoms with Gasteiger partial charge in [-0.3, -0.25) is 19.8 Å². The fourth-order valence-electron chi connectivity index (χ4n) is 3.67. The standard InChI is InChI=1S/C24H23ClN4O/c1-15-10-16(8-9-26-15)23-21-14-27-20(11-17(21)13-28-23)12-22(30)29-24(2,3)18-4-6-19(25)7-5-18/h4-11,14H,12-13H2,1-3H3,(H,29,30). The lowest BCUT2D eigenvalue weighted by molar-refractivity contribution is -0.122. The zero-order chi connectivity index (χ0) is 21.3. The van der Waals surface area contributed by atoms with Crippen LogP contribution in [0.1, 0.15) is 47.5 Å². The van der Waals surface area contributed by atoms with Crippen molar-refractivity contribution in [2.75, 3.05) is 0 Å². The summed E-state index contributed by atoms with van der Waals surface area (Å²) in [5, 5.41) is 3.76. The van der Waals surface area contributed by atoms with E-state index in [-0.39, 0.29) is 12.3 Å². The van der Waals surface area contributed by atoms with Gasteiger partial charge in [0.25, 0.3) is 0 Å². The summed E-state index contributed by atoms with van der Waals surface area (Å²) in [5.41, 5.74) is 6.26. The zero-order valence-corrected chi connectivity index (χ0v) is 18.0. The molecule has 1 aliphatic heterocycles. The van der Waals surface area contributed by atoms with E-state index in [4.69, 9.17) is 11.6 Å². The Morgan fingerprint density at radius 2 is 1.90 bits per heavy atom. The molecule has 4 rings (SSSR count). The number of hydrogen-bond acceptors (Lipinski definition) is 4. The number of hydrogen-bond donors (Lipinski definition) is 1. The van der Waals surface area contributed by atoms with Crippen LogP contribution >= 0.6 is 11.6 Å². The van der Waals surface area contributed by atoms with Gasteiger partial charge in [-0.2, -0.15) is 0 Å². The van der Waals surface area contributed by atoms with Crippen molar-refractivity contribution in [2.45, 2.75) is 39.3 Å². The van der Waals surface area contributed by atoms with Gasteiger partial charge in [-0.15, -0.1) is 0 Å². The number of halogens is 1. The summed E-state index contributed by atoms with van der Waals surface area (Å²) in [6.45, 7) is 6.51. The molecule has 1 amide bonds. The SMILES string of the molecule is Cc1cc(C2=NCc3cc(CC(=O)NC(C)(C)c4ccc(Cl)cc4)ncc32)ccn1. The Labute approximate surface area is 181 Å². The number of amides is 1. The number of rotatable bonds is 5. The molecule has 0 aliphatic carbocycles. The fourth-order valence-corrected chi connectivity index (χ4v) is 3.80. The van der Waals surface area contributed by atoms with Gasteiger partial charge in [0.2, 0.25) is 5.91 Å². The molecule has 0 spiro atoms. The molecule has 1 aliphatic rings. The minimum Gasteiger partial charge on any atom is -0.347 e. The molecule has 1 aromatic carbocycles. The molecule has 6 heteroatoms. The number of aliphatic imine (C=N–C) groups is 1. The first-order valence-electron chi connectivity index (χ1n) is 9.84. The third kappa shape index (κ3) is 4.26. The van der Waals surface area contributed by atoms with Crippen molar-refractivity contribution < 1.29 is 4.79 Å². The largest absolute Gasteiger partial charge is 0.347 e. The van der Waals surface area contributed by atoms with Gasteiger partial charge in [-0.05, 0) is 62.2 Å². The molecule has 5 nitrogen and oxygen atoms in total. The molecule has 30 heavy (non-hydrogen) atoms. The van der Waals surface area contributed by atoms with Gasteiger partial charge >= 0.3 is 0 Å². The number of nitrogens with zero attached hydrogens (tertiary/aromatic N) is 3. The van der Waals surface area contributed by atoms with Crippen molar-refractivity contribution in [3.63, 3.8) is 0 Å². The summed E-state index contributed by atoms with van der Waals surface area (Å²) in [5.74, 6) is -0.0775. The molecule has 0 saturated carbocycles. The molecule has 0 atom stereocenters. The molecule has 3 aromatic rings. The molecule has 0 bridgehead atoms. The number of fused-ring (bicyclic) bond motifs is 1. The van der Waals surface area contributed by atoms with Gasteiger partial charge in [0.1, 0.15) is 0 Å². The summed E-state index contributed by atoms with van der Waals surface area (Å²) >= 11 is 5.97. The minimum absolute atomic E-state index is 0.0775. The van der Waals surface area contributed by atoms with E-state index in [1.54, 1.807) is 6.20 Å². The number of carbonyl (C=O) groups excluding carboxylic acids is 1. The van der Waals surface area contributed by atoms with Crippen LogP contribution in [0.3, 0.4) is 0 Å². The van der Waals surface area contributed by atoms with Crippen molar-refractivity contribution in [3.8, 4) is 0 Å². The van der Waals surface area contributed by atoms with Crippen LogP contribution in [0.5, 0.6) is 0 Å². The molecule has 0 unspecified atom stereocenters. The fraction of sp³-hybridized carbons (Fsp3) is 0.250. The number of nitrogens with one attached hydrogen (secondary N) is 1. The van der Waals surface area contributed by atoms with Crippen LogP contribution in [0.2, 0.25) is 5.02 Å². The first-order chi connectivity index (χ1) is 14.3. The van der Waals surface area contributed by atoms with E-state index in [1.165, 1.54) is 0 Å². The number of benzene rings is 1. The summed E-state index contributed by atoms with van der Waals surface area (Å²) in [7, 11) is 0. The number of aromatic nitrogens is 2. The second kappa shape index (κ2) is 8.00. The number of carbonyl (C=O) groups is 1. The van der Waals surface area contributed by atoms with E-state index >= 15 is 0 Å². The second-order valence-corrected chi connectivity index (χ2v) is 8.48. The predicted molar refractivity (Wildman–Crippen MR) is 119 cm³/mol. The lowest BCUT2D eigenvalue weighted by Crippen LogP contribution is -2.41. The van der Waals surface area contributed by atoms with Crippen LogP contribution in [0.15, 0.2) is 59.9 Å². The van der Waals surface area contributed by atoms with Crippen LogP contribution in [0, 0.1) is 6.92 Å². The van der Waals surface area contributed by atoms with Crippen LogP contribution in [-0.4, -0.2) is 21.6 Å². The quantitative estimate of drug-likeness (QED) is 0.668. The van der Waals surface area contributed by atoms with E-state index in [0.717, 1.165) is 39.4 Å². The lowest BCUT2D eigenvalue weighted by atomic mass is 9.94. The first-order valence-corrected chi connectivity index (χ1v) is 10.2. The van der Waals surface area contributed by atoms with Gasteiger partial charge in [0.15, 0.2) is 0 Å². The molecule has 2 aromatic heterocycles.